The minimum atomic E-state index is -3.58. The zero-order chi connectivity index (χ0) is 21.7. The fourth-order valence-corrected chi connectivity index (χ4v) is 4.43. The quantitative estimate of drug-likeness (QED) is 0.438. The van der Waals surface area contributed by atoms with Crippen molar-refractivity contribution >= 4 is 31.9 Å². The molecule has 0 unspecified atom stereocenters. The van der Waals surface area contributed by atoms with E-state index in [9.17, 15) is 13.2 Å². The van der Waals surface area contributed by atoms with Gasteiger partial charge in [0.05, 0.1) is 10.5 Å². The van der Waals surface area contributed by atoms with E-state index in [-0.39, 0.29) is 23.0 Å². The van der Waals surface area contributed by atoms with E-state index in [2.05, 4.69) is 26.1 Å². The summed E-state index contributed by atoms with van der Waals surface area (Å²) in [7, 11) is -3.58. The van der Waals surface area contributed by atoms with Crippen molar-refractivity contribution in [3.8, 4) is 11.5 Å². The minimum absolute atomic E-state index is 0.124. The Morgan fingerprint density at radius 1 is 1.03 bits per heavy atom. The standard InChI is InChI=1S/C20H20BrN3O5S/c1-3-24(4-2)30(26,27)17-11-7-15(8-12-17)20(25)28-13-18-22-23-19(29-18)14-5-9-16(21)10-6-14/h5-12H,3-4,13H2,1-2H3. The highest BCUT2D eigenvalue weighted by molar-refractivity contribution is 9.10. The first-order chi connectivity index (χ1) is 14.3. The van der Waals surface area contributed by atoms with E-state index in [4.69, 9.17) is 9.15 Å². The summed E-state index contributed by atoms with van der Waals surface area (Å²) < 4.78 is 38.0. The number of aromatic nitrogens is 2. The summed E-state index contributed by atoms with van der Waals surface area (Å²) >= 11 is 3.36. The van der Waals surface area contributed by atoms with Crippen LogP contribution in [0.25, 0.3) is 11.5 Å². The predicted molar refractivity (Wildman–Crippen MR) is 113 cm³/mol. The second-order valence-electron chi connectivity index (χ2n) is 6.20. The van der Waals surface area contributed by atoms with Gasteiger partial charge >= 0.3 is 5.97 Å². The minimum Gasteiger partial charge on any atom is -0.452 e. The van der Waals surface area contributed by atoms with Crippen molar-refractivity contribution in [3.63, 3.8) is 0 Å². The molecule has 1 heterocycles. The Labute approximate surface area is 183 Å². The van der Waals surface area contributed by atoms with Crippen LogP contribution in [0, 0.1) is 0 Å². The number of carbonyl (C=O) groups excluding carboxylic acids is 1. The van der Waals surface area contributed by atoms with Gasteiger partial charge in [-0.2, -0.15) is 4.31 Å². The first-order valence-corrected chi connectivity index (χ1v) is 11.4. The van der Waals surface area contributed by atoms with Gasteiger partial charge in [-0.05, 0) is 48.5 Å². The molecule has 0 saturated heterocycles. The molecule has 0 N–H and O–H groups in total. The number of benzene rings is 2. The van der Waals surface area contributed by atoms with Crippen LogP contribution in [0.2, 0.25) is 0 Å². The van der Waals surface area contributed by atoms with Gasteiger partial charge in [-0.1, -0.05) is 29.8 Å². The third kappa shape index (κ3) is 4.94. The van der Waals surface area contributed by atoms with Crippen LogP contribution >= 0.6 is 15.9 Å². The van der Waals surface area contributed by atoms with Gasteiger partial charge in [-0.3, -0.25) is 0 Å². The van der Waals surface area contributed by atoms with Crippen molar-refractivity contribution in [2.45, 2.75) is 25.3 Å². The summed E-state index contributed by atoms with van der Waals surface area (Å²) in [6, 6.07) is 13.0. The van der Waals surface area contributed by atoms with Crippen LogP contribution in [0.4, 0.5) is 0 Å². The molecule has 0 spiro atoms. The molecule has 10 heteroatoms. The molecular formula is C20H20BrN3O5S. The van der Waals surface area contributed by atoms with Crippen molar-refractivity contribution in [1.29, 1.82) is 0 Å². The zero-order valence-corrected chi connectivity index (χ0v) is 18.8. The maximum absolute atomic E-state index is 12.5. The number of nitrogens with zero attached hydrogens (tertiary/aromatic N) is 3. The number of halogens is 1. The molecule has 1 aromatic heterocycles. The summed E-state index contributed by atoms with van der Waals surface area (Å²) in [5.41, 5.74) is 0.967. The summed E-state index contributed by atoms with van der Waals surface area (Å²) in [6.07, 6.45) is 0. The fourth-order valence-electron chi connectivity index (χ4n) is 2.71. The second-order valence-corrected chi connectivity index (χ2v) is 9.05. The molecule has 0 atom stereocenters. The summed E-state index contributed by atoms with van der Waals surface area (Å²) in [4.78, 5) is 12.4. The largest absolute Gasteiger partial charge is 0.452 e. The van der Waals surface area contributed by atoms with E-state index in [0.717, 1.165) is 10.0 Å². The van der Waals surface area contributed by atoms with Crippen molar-refractivity contribution in [3.05, 3.63) is 64.5 Å². The number of carbonyl (C=O) groups is 1. The van der Waals surface area contributed by atoms with Crippen LogP contribution < -0.4 is 0 Å². The molecule has 2 aromatic carbocycles. The Hall–Kier alpha value is -2.56. The molecule has 0 radical (unpaired) electrons. The molecule has 158 valence electrons. The van der Waals surface area contributed by atoms with Crippen LogP contribution in [0.15, 0.2) is 62.3 Å². The van der Waals surface area contributed by atoms with Crippen LogP contribution in [-0.4, -0.2) is 42.0 Å². The zero-order valence-electron chi connectivity index (χ0n) is 16.4. The number of sulfonamides is 1. The van der Waals surface area contributed by atoms with Gasteiger partial charge in [-0.15, -0.1) is 10.2 Å². The average Bonchev–Trinajstić information content (AvgIpc) is 3.22. The Morgan fingerprint density at radius 2 is 1.67 bits per heavy atom. The molecular weight excluding hydrogens is 474 g/mol. The van der Waals surface area contributed by atoms with Gasteiger partial charge < -0.3 is 9.15 Å². The molecule has 3 aromatic rings. The first-order valence-electron chi connectivity index (χ1n) is 9.20. The number of esters is 1. The smallest absolute Gasteiger partial charge is 0.338 e. The lowest BCUT2D eigenvalue weighted by molar-refractivity contribution is 0.0438. The Kier molecular flexibility index (Phi) is 7.01. The number of hydrogen-bond acceptors (Lipinski definition) is 7. The molecule has 0 fully saturated rings. The number of rotatable bonds is 8. The van der Waals surface area contributed by atoms with Crippen molar-refractivity contribution in [2.24, 2.45) is 0 Å². The van der Waals surface area contributed by atoms with Gasteiger partial charge in [0, 0.05) is 23.1 Å². The lowest BCUT2D eigenvalue weighted by Crippen LogP contribution is -2.30. The molecule has 0 aliphatic heterocycles. The van der Waals surface area contributed by atoms with Gasteiger partial charge in [0.1, 0.15) is 0 Å². The van der Waals surface area contributed by atoms with Crippen LogP contribution in [0.5, 0.6) is 0 Å². The molecule has 0 bridgehead atoms. The van der Waals surface area contributed by atoms with E-state index in [1.54, 1.807) is 13.8 Å². The summed E-state index contributed by atoms with van der Waals surface area (Å²) in [5, 5.41) is 7.82. The maximum atomic E-state index is 12.5. The second kappa shape index (κ2) is 9.50. The normalized spacial score (nSPS) is 11.6. The van der Waals surface area contributed by atoms with Gasteiger partial charge in [0.2, 0.25) is 15.9 Å². The molecule has 30 heavy (non-hydrogen) atoms. The Morgan fingerprint density at radius 3 is 2.27 bits per heavy atom. The van der Waals surface area contributed by atoms with E-state index in [0.29, 0.717) is 19.0 Å². The predicted octanol–water partition coefficient (Wildman–Crippen LogP) is 3.89. The average molecular weight is 494 g/mol. The fraction of sp³-hybridized carbons (Fsp3) is 0.250. The lowest BCUT2D eigenvalue weighted by Gasteiger charge is -2.18. The molecule has 8 nitrogen and oxygen atoms in total. The van der Waals surface area contributed by atoms with E-state index in [1.807, 2.05) is 24.3 Å². The van der Waals surface area contributed by atoms with Crippen LogP contribution in [0.3, 0.4) is 0 Å². The highest BCUT2D eigenvalue weighted by atomic mass is 79.9. The van der Waals surface area contributed by atoms with Crippen molar-refractivity contribution < 1.29 is 22.4 Å². The molecule has 3 rings (SSSR count). The van der Waals surface area contributed by atoms with E-state index >= 15 is 0 Å². The third-order valence-corrected chi connectivity index (χ3v) is 6.91. The topological polar surface area (TPSA) is 103 Å². The van der Waals surface area contributed by atoms with Gasteiger partial charge in [0.25, 0.3) is 5.89 Å². The number of hydrogen-bond donors (Lipinski definition) is 0. The SMILES string of the molecule is CCN(CC)S(=O)(=O)c1ccc(C(=O)OCc2nnc(-c3ccc(Br)cc3)o2)cc1. The number of ether oxygens (including phenoxy) is 1. The van der Waals surface area contributed by atoms with Crippen molar-refractivity contribution in [2.75, 3.05) is 13.1 Å². The van der Waals surface area contributed by atoms with Crippen LogP contribution in [0.1, 0.15) is 30.1 Å². The van der Waals surface area contributed by atoms with Gasteiger partial charge in [0.15, 0.2) is 6.61 Å². The highest BCUT2D eigenvalue weighted by Gasteiger charge is 2.22. The molecule has 0 saturated carbocycles. The Bertz CT molecular complexity index is 1110. The van der Waals surface area contributed by atoms with E-state index < -0.39 is 16.0 Å². The van der Waals surface area contributed by atoms with Crippen LogP contribution in [-0.2, 0) is 21.4 Å². The monoisotopic (exact) mass is 493 g/mol. The first kappa shape index (κ1) is 22.1. The van der Waals surface area contributed by atoms with Crippen molar-refractivity contribution in [1.82, 2.24) is 14.5 Å². The lowest BCUT2D eigenvalue weighted by atomic mass is 10.2. The Balaban J connectivity index is 1.64. The summed E-state index contributed by atoms with van der Waals surface area (Å²) in [5.74, 6) is -0.147. The van der Waals surface area contributed by atoms with Gasteiger partial charge in [-0.25, -0.2) is 13.2 Å². The molecule has 0 aliphatic rings. The molecule has 0 aliphatic carbocycles. The van der Waals surface area contributed by atoms with E-state index in [1.165, 1.54) is 28.6 Å². The maximum Gasteiger partial charge on any atom is 0.338 e. The summed E-state index contributed by atoms with van der Waals surface area (Å²) in [6.45, 7) is 4.09. The highest BCUT2D eigenvalue weighted by Crippen LogP contribution is 2.21. The molecule has 0 amide bonds. The third-order valence-electron chi connectivity index (χ3n) is 4.32.